The summed E-state index contributed by atoms with van der Waals surface area (Å²) < 4.78 is 6.40. The highest BCUT2D eigenvalue weighted by molar-refractivity contribution is 4.92. The monoisotopic (exact) mass is 252 g/mol. The zero-order valence-electron chi connectivity index (χ0n) is 11.8. The first-order chi connectivity index (χ1) is 8.76. The van der Waals surface area contributed by atoms with Gasteiger partial charge in [-0.3, -0.25) is 0 Å². The summed E-state index contributed by atoms with van der Waals surface area (Å²) >= 11 is 0. The summed E-state index contributed by atoms with van der Waals surface area (Å²) in [5, 5.41) is 3.71. The molecule has 1 aliphatic carbocycles. The van der Waals surface area contributed by atoms with Crippen molar-refractivity contribution in [3.63, 3.8) is 0 Å². The highest BCUT2D eigenvalue weighted by Gasteiger charge is 2.40. The van der Waals surface area contributed by atoms with Crippen molar-refractivity contribution in [2.45, 2.75) is 69.1 Å². The van der Waals surface area contributed by atoms with E-state index in [1.54, 1.807) is 0 Å². The van der Waals surface area contributed by atoms with Gasteiger partial charge in [-0.1, -0.05) is 19.3 Å². The molecule has 0 aromatic rings. The second kappa shape index (κ2) is 5.48. The van der Waals surface area contributed by atoms with E-state index in [1.807, 2.05) is 0 Å². The molecule has 3 rings (SSSR count). The van der Waals surface area contributed by atoms with E-state index < -0.39 is 0 Å². The standard InChI is InChI=1S/C15H28N2O/c1-17-10-6-13(12-17)16-11-14-5-9-15(18-14)7-3-2-4-8-15/h13-14,16H,2-12H2,1H3. The molecule has 3 aliphatic rings. The van der Waals surface area contributed by atoms with Gasteiger partial charge in [0, 0.05) is 19.1 Å². The van der Waals surface area contributed by atoms with Gasteiger partial charge in [0.15, 0.2) is 0 Å². The van der Waals surface area contributed by atoms with Crippen molar-refractivity contribution in [1.29, 1.82) is 0 Å². The molecule has 0 radical (unpaired) electrons. The topological polar surface area (TPSA) is 24.5 Å². The van der Waals surface area contributed by atoms with Gasteiger partial charge in [-0.25, -0.2) is 0 Å². The Balaban J connectivity index is 1.42. The zero-order chi connectivity index (χ0) is 12.4. The van der Waals surface area contributed by atoms with E-state index in [-0.39, 0.29) is 5.60 Å². The summed E-state index contributed by atoms with van der Waals surface area (Å²) in [7, 11) is 2.21. The summed E-state index contributed by atoms with van der Waals surface area (Å²) in [6, 6.07) is 0.696. The SMILES string of the molecule is CN1CCC(NCC2CCC3(CCCCC3)O2)C1. The third kappa shape index (κ3) is 2.89. The van der Waals surface area contributed by atoms with Crippen LogP contribution in [0.5, 0.6) is 0 Å². The molecule has 3 fully saturated rings. The maximum absolute atomic E-state index is 6.40. The van der Waals surface area contributed by atoms with Gasteiger partial charge >= 0.3 is 0 Å². The zero-order valence-corrected chi connectivity index (χ0v) is 11.8. The summed E-state index contributed by atoms with van der Waals surface area (Å²) in [5.74, 6) is 0. The number of hydrogen-bond donors (Lipinski definition) is 1. The van der Waals surface area contributed by atoms with Crippen LogP contribution in [0.4, 0.5) is 0 Å². The first-order valence-electron chi connectivity index (χ1n) is 7.86. The molecule has 104 valence electrons. The van der Waals surface area contributed by atoms with E-state index in [9.17, 15) is 0 Å². The number of nitrogens with one attached hydrogen (secondary N) is 1. The van der Waals surface area contributed by atoms with Crippen molar-refractivity contribution >= 4 is 0 Å². The van der Waals surface area contributed by atoms with Crippen LogP contribution in [-0.2, 0) is 4.74 Å². The third-order valence-corrected chi connectivity index (χ3v) is 5.13. The lowest BCUT2D eigenvalue weighted by molar-refractivity contribution is -0.0628. The molecule has 2 saturated heterocycles. The van der Waals surface area contributed by atoms with Crippen LogP contribution in [0.15, 0.2) is 0 Å². The normalized spacial score (nSPS) is 36.5. The Labute approximate surface area is 111 Å². The van der Waals surface area contributed by atoms with Crippen molar-refractivity contribution < 1.29 is 4.74 Å². The molecule has 0 bridgehead atoms. The molecule has 1 spiro atoms. The van der Waals surface area contributed by atoms with Gasteiger partial charge < -0.3 is 15.0 Å². The minimum absolute atomic E-state index is 0.289. The molecular formula is C15H28N2O. The second-order valence-corrected chi connectivity index (χ2v) is 6.68. The quantitative estimate of drug-likeness (QED) is 0.833. The number of likely N-dealkylation sites (N-methyl/N-ethyl adjacent to an activating group) is 1. The molecule has 2 aliphatic heterocycles. The van der Waals surface area contributed by atoms with E-state index in [4.69, 9.17) is 4.74 Å². The predicted molar refractivity (Wildman–Crippen MR) is 73.8 cm³/mol. The number of nitrogens with zero attached hydrogens (tertiary/aromatic N) is 1. The Morgan fingerprint density at radius 2 is 2.00 bits per heavy atom. The molecule has 18 heavy (non-hydrogen) atoms. The van der Waals surface area contributed by atoms with Gasteiger partial charge in [-0.15, -0.1) is 0 Å². The van der Waals surface area contributed by atoms with Crippen LogP contribution in [0.3, 0.4) is 0 Å². The molecule has 2 heterocycles. The van der Waals surface area contributed by atoms with Gasteiger partial charge in [0.05, 0.1) is 11.7 Å². The molecule has 1 saturated carbocycles. The lowest BCUT2D eigenvalue weighted by atomic mass is 9.83. The minimum Gasteiger partial charge on any atom is -0.370 e. The fourth-order valence-electron chi connectivity index (χ4n) is 4.00. The number of likely N-dealkylation sites (tertiary alicyclic amines) is 1. The highest BCUT2D eigenvalue weighted by atomic mass is 16.5. The molecular weight excluding hydrogens is 224 g/mol. The Morgan fingerprint density at radius 1 is 1.17 bits per heavy atom. The van der Waals surface area contributed by atoms with Crippen LogP contribution in [-0.4, -0.2) is 49.3 Å². The fourth-order valence-corrected chi connectivity index (χ4v) is 4.00. The van der Waals surface area contributed by atoms with Crippen LogP contribution >= 0.6 is 0 Å². The summed E-state index contributed by atoms with van der Waals surface area (Å²) in [5.41, 5.74) is 0.289. The van der Waals surface area contributed by atoms with Gasteiger partial charge in [0.25, 0.3) is 0 Å². The van der Waals surface area contributed by atoms with Gasteiger partial charge in [-0.05, 0) is 45.7 Å². The van der Waals surface area contributed by atoms with E-state index >= 15 is 0 Å². The average molecular weight is 252 g/mol. The Morgan fingerprint density at radius 3 is 2.72 bits per heavy atom. The number of hydrogen-bond acceptors (Lipinski definition) is 3. The molecule has 0 aromatic carbocycles. The van der Waals surface area contributed by atoms with E-state index in [0.717, 1.165) is 6.54 Å². The lowest BCUT2D eigenvalue weighted by Crippen LogP contribution is -2.39. The van der Waals surface area contributed by atoms with Gasteiger partial charge in [0.1, 0.15) is 0 Å². The predicted octanol–water partition coefficient (Wildman–Crippen LogP) is 2.16. The molecule has 2 unspecified atom stereocenters. The van der Waals surface area contributed by atoms with Crippen LogP contribution < -0.4 is 5.32 Å². The molecule has 2 atom stereocenters. The maximum atomic E-state index is 6.40. The fraction of sp³-hybridized carbons (Fsp3) is 1.00. The molecule has 0 amide bonds. The van der Waals surface area contributed by atoms with Crippen molar-refractivity contribution in [3.05, 3.63) is 0 Å². The largest absolute Gasteiger partial charge is 0.370 e. The molecule has 1 N–H and O–H groups in total. The maximum Gasteiger partial charge on any atom is 0.0708 e. The highest BCUT2D eigenvalue weighted by Crippen LogP contribution is 2.41. The van der Waals surface area contributed by atoms with Crippen molar-refractivity contribution in [1.82, 2.24) is 10.2 Å². The van der Waals surface area contributed by atoms with Crippen LogP contribution in [0.1, 0.15) is 51.4 Å². The molecule has 0 aromatic heterocycles. The van der Waals surface area contributed by atoms with Crippen LogP contribution in [0.2, 0.25) is 0 Å². The van der Waals surface area contributed by atoms with Gasteiger partial charge in [0.2, 0.25) is 0 Å². The van der Waals surface area contributed by atoms with Crippen molar-refractivity contribution in [2.24, 2.45) is 0 Å². The lowest BCUT2D eigenvalue weighted by Gasteiger charge is -2.33. The van der Waals surface area contributed by atoms with E-state index in [2.05, 4.69) is 17.3 Å². The molecule has 3 heteroatoms. The van der Waals surface area contributed by atoms with Crippen molar-refractivity contribution in [2.75, 3.05) is 26.7 Å². The Kier molecular flexibility index (Phi) is 3.92. The second-order valence-electron chi connectivity index (χ2n) is 6.68. The summed E-state index contributed by atoms with van der Waals surface area (Å²) in [6.07, 6.45) is 11.2. The first kappa shape index (κ1) is 12.9. The van der Waals surface area contributed by atoms with E-state index in [0.29, 0.717) is 12.1 Å². The summed E-state index contributed by atoms with van der Waals surface area (Å²) in [6.45, 7) is 3.52. The number of ether oxygens (including phenoxy) is 1. The van der Waals surface area contributed by atoms with Crippen molar-refractivity contribution in [3.8, 4) is 0 Å². The van der Waals surface area contributed by atoms with Gasteiger partial charge in [-0.2, -0.15) is 0 Å². The Bertz CT molecular complexity index is 276. The third-order valence-electron chi connectivity index (χ3n) is 5.13. The average Bonchev–Trinajstić information content (AvgIpc) is 2.96. The smallest absolute Gasteiger partial charge is 0.0708 e. The number of rotatable bonds is 3. The summed E-state index contributed by atoms with van der Waals surface area (Å²) in [4.78, 5) is 2.41. The minimum atomic E-state index is 0.289. The Hall–Kier alpha value is -0.120. The van der Waals surface area contributed by atoms with E-state index in [1.165, 1.54) is 64.5 Å². The first-order valence-corrected chi connectivity index (χ1v) is 7.86. The van der Waals surface area contributed by atoms with Crippen LogP contribution in [0, 0.1) is 0 Å². The van der Waals surface area contributed by atoms with Crippen LogP contribution in [0.25, 0.3) is 0 Å². The molecule has 3 nitrogen and oxygen atoms in total.